The summed E-state index contributed by atoms with van der Waals surface area (Å²) in [6.45, 7) is 4.02. The topological polar surface area (TPSA) is 97.3 Å². The van der Waals surface area contributed by atoms with Crippen LogP contribution in [-0.2, 0) is 11.3 Å². The second kappa shape index (κ2) is 10.3. The van der Waals surface area contributed by atoms with Crippen LogP contribution >= 0.6 is 0 Å². The summed E-state index contributed by atoms with van der Waals surface area (Å²) in [6, 6.07) is 17.3. The average molecular weight is 422 g/mol. The number of methoxy groups -OCH3 is 1. The highest BCUT2D eigenvalue weighted by Gasteiger charge is 2.24. The molecule has 3 aromatic rings. The van der Waals surface area contributed by atoms with Crippen LogP contribution in [0.1, 0.15) is 19.5 Å². The van der Waals surface area contributed by atoms with Crippen molar-refractivity contribution >= 4 is 17.6 Å². The SMILES string of the molecule is COc1ccc(-n2ccc(CNC(=O)C(NC(=O)Nc3ccccc3)C(C)C)n2)cc1. The van der Waals surface area contributed by atoms with Crippen LogP contribution < -0.4 is 20.7 Å². The first-order valence-corrected chi connectivity index (χ1v) is 10.1. The number of urea groups is 1. The van der Waals surface area contributed by atoms with Crippen molar-refractivity contribution in [1.29, 1.82) is 0 Å². The van der Waals surface area contributed by atoms with Gasteiger partial charge in [-0.15, -0.1) is 0 Å². The van der Waals surface area contributed by atoms with E-state index in [1.165, 1.54) is 0 Å². The Balaban J connectivity index is 1.56. The van der Waals surface area contributed by atoms with Gasteiger partial charge in [0.2, 0.25) is 5.91 Å². The quantitative estimate of drug-likeness (QED) is 0.520. The normalized spacial score (nSPS) is 11.6. The Morgan fingerprint density at radius 1 is 1.03 bits per heavy atom. The van der Waals surface area contributed by atoms with E-state index < -0.39 is 12.1 Å². The molecule has 31 heavy (non-hydrogen) atoms. The first kappa shape index (κ1) is 21.9. The van der Waals surface area contributed by atoms with Gasteiger partial charge >= 0.3 is 6.03 Å². The minimum Gasteiger partial charge on any atom is -0.497 e. The van der Waals surface area contributed by atoms with Crippen LogP contribution in [0.2, 0.25) is 0 Å². The highest BCUT2D eigenvalue weighted by atomic mass is 16.5. The van der Waals surface area contributed by atoms with E-state index in [2.05, 4.69) is 21.0 Å². The maximum atomic E-state index is 12.7. The predicted octanol–water partition coefficient (Wildman–Crippen LogP) is 3.34. The third kappa shape index (κ3) is 6.08. The summed E-state index contributed by atoms with van der Waals surface area (Å²) in [7, 11) is 1.62. The molecule has 0 spiro atoms. The molecule has 0 fully saturated rings. The van der Waals surface area contributed by atoms with Gasteiger partial charge in [-0.3, -0.25) is 4.79 Å². The van der Waals surface area contributed by atoms with Gasteiger partial charge in [0.25, 0.3) is 0 Å². The molecule has 162 valence electrons. The molecular formula is C23H27N5O3. The predicted molar refractivity (Wildman–Crippen MR) is 119 cm³/mol. The second-order valence-corrected chi connectivity index (χ2v) is 7.35. The molecule has 0 aliphatic rings. The van der Waals surface area contributed by atoms with Crippen molar-refractivity contribution in [2.75, 3.05) is 12.4 Å². The van der Waals surface area contributed by atoms with Crippen molar-refractivity contribution in [3.05, 3.63) is 72.6 Å². The fourth-order valence-corrected chi connectivity index (χ4v) is 2.99. The number of anilines is 1. The van der Waals surface area contributed by atoms with E-state index in [-0.39, 0.29) is 18.4 Å². The molecule has 1 unspecified atom stereocenters. The number of nitrogens with zero attached hydrogens (tertiary/aromatic N) is 2. The molecular weight excluding hydrogens is 394 g/mol. The smallest absolute Gasteiger partial charge is 0.319 e. The maximum Gasteiger partial charge on any atom is 0.319 e. The third-order valence-electron chi connectivity index (χ3n) is 4.69. The van der Waals surface area contributed by atoms with Crippen LogP contribution in [0.4, 0.5) is 10.5 Å². The lowest BCUT2D eigenvalue weighted by molar-refractivity contribution is -0.124. The molecule has 3 amide bonds. The zero-order valence-electron chi connectivity index (χ0n) is 17.8. The Kier molecular flexibility index (Phi) is 7.26. The number of ether oxygens (including phenoxy) is 1. The van der Waals surface area contributed by atoms with Crippen molar-refractivity contribution in [3.63, 3.8) is 0 Å². The van der Waals surface area contributed by atoms with Gasteiger partial charge in [-0.1, -0.05) is 32.0 Å². The molecule has 1 heterocycles. The fraction of sp³-hybridized carbons (Fsp3) is 0.261. The summed E-state index contributed by atoms with van der Waals surface area (Å²) in [5, 5.41) is 12.8. The molecule has 1 atom stereocenters. The lowest BCUT2D eigenvalue weighted by Crippen LogP contribution is -2.50. The van der Waals surface area contributed by atoms with E-state index in [0.717, 1.165) is 11.4 Å². The van der Waals surface area contributed by atoms with E-state index in [1.807, 2.05) is 68.6 Å². The number of rotatable bonds is 8. The largest absolute Gasteiger partial charge is 0.497 e. The summed E-state index contributed by atoms with van der Waals surface area (Å²) >= 11 is 0. The number of carbonyl (C=O) groups is 2. The van der Waals surface area contributed by atoms with Crippen molar-refractivity contribution < 1.29 is 14.3 Å². The van der Waals surface area contributed by atoms with E-state index >= 15 is 0 Å². The zero-order chi connectivity index (χ0) is 22.2. The number of hydrogen-bond acceptors (Lipinski definition) is 4. The van der Waals surface area contributed by atoms with E-state index in [0.29, 0.717) is 11.4 Å². The van der Waals surface area contributed by atoms with Gasteiger partial charge in [0.15, 0.2) is 0 Å². The van der Waals surface area contributed by atoms with Crippen molar-refractivity contribution in [3.8, 4) is 11.4 Å². The zero-order valence-corrected chi connectivity index (χ0v) is 17.8. The minimum absolute atomic E-state index is 0.0848. The Labute approximate surface area is 181 Å². The summed E-state index contributed by atoms with van der Waals surface area (Å²) < 4.78 is 6.89. The first-order chi connectivity index (χ1) is 15.0. The lowest BCUT2D eigenvalue weighted by atomic mass is 10.0. The number of amides is 3. The molecule has 8 nitrogen and oxygen atoms in total. The Hall–Kier alpha value is -3.81. The summed E-state index contributed by atoms with van der Waals surface area (Å²) in [5.74, 6) is 0.419. The molecule has 0 bridgehead atoms. The van der Waals surface area contributed by atoms with Gasteiger partial charge in [-0.25, -0.2) is 9.48 Å². The van der Waals surface area contributed by atoms with Crippen molar-refractivity contribution in [2.24, 2.45) is 5.92 Å². The van der Waals surface area contributed by atoms with Gasteiger partial charge < -0.3 is 20.7 Å². The van der Waals surface area contributed by atoms with Gasteiger partial charge in [0.05, 0.1) is 25.0 Å². The lowest BCUT2D eigenvalue weighted by Gasteiger charge is -2.21. The fourth-order valence-electron chi connectivity index (χ4n) is 2.99. The molecule has 1 aromatic heterocycles. The van der Waals surface area contributed by atoms with Crippen molar-refractivity contribution in [2.45, 2.75) is 26.4 Å². The molecule has 0 aliphatic carbocycles. The first-order valence-electron chi connectivity index (χ1n) is 10.1. The number of nitrogens with one attached hydrogen (secondary N) is 3. The van der Waals surface area contributed by atoms with Gasteiger partial charge in [-0.05, 0) is 48.4 Å². The highest BCUT2D eigenvalue weighted by Crippen LogP contribution is 2.14. The standard InChI is InChI=1S/C23H27N5O3/c1-16(2)21(26-23(30)25-17-7-5-4-6-8-17)22(29)24-15-18-13-14-28(27-18)19-9-11-20(31-3)12-10-19/h4-14,16,21H,15H2,1-3H3,(H,24,29)(H2,25,26,30). The maximum absolute atomic E-state index is 12.7. The molecule has 3 rings (SSSR count). The third-order valence-corrected chi connectivity index (χ3v) is 4.69. The average Bonchev–Trinajstić information content (AvgIpc) is 3.25. The molecule has 0 aliphatic heterocycles. The molecule has 0 radical (unpaired) electrons. The van der Waals surface area contributed by atoms with Crippen LogP contribution in [0.15, 0.2) is 66.9 Å². The van der Waals surface area contributed by atoms with Crippen LogP contribution in [0.5, 0.6) is 5.75 Å². The number of carbonyl (C=O) groups excluding carboxylic acids is 2. The van der Waals surface area contributed by atoms with Crippen LogP contribution in [0, 0.1) is 5.92 Å². The second-order valence-electron chi connectivity index (χ2n) is 7.35. The minimum atomic E-state index is -0.674. The molecule has 0 saturated carbocycles. The van der Waals surface area contributed by atoms with E-state index in [4.69, 9.17) is 4.74 Å². The number of hydrogen-bond donors (Lipinski definition) is 3. The van der Waals surface area contributed by atoms with Crippen LogP contribution in [0.25, 0.3) is 5.69 Å². The van der Waals surface area contributed by atoms with Crippen LogP contribution in [-0.4, -0.2) is 34.9 Å². The number of benzene rings is 2. The summed E-state index contributed by atoms with van der Waals surface area (Å²) in [5.41, 5.74) is 2.25. The van der Waals surface area contributed by atoms with Gasteiger partial charge in [0.1, 0.15) is 11.8 Å². The summed E-state index contributed by atoms with van der Waals surface area (Å²) in [4.78, 5) is 25.0. The monoisotopic (exact) mass is 421 g/mol. The molecule has 3 N–H and O–H groups in total. The Bertz CT molecular complexity index is 1000. The van der Waals surface area contributed by atoms with Gasteiger partial charge in [-0.2, -0.15) is 5.10 Å². The van der Waals surface area contributed by atoms with Gasteiger partial charge in [0, 0.05) is 11.9 Å². The number of aromatic nitrogens is 2. The number of para-hydroxylation sites is 1. The highest BCUT2D eigenvalue weighted by molar-refractivity contribution is 5.93. The summed E-state index contributed by atoms with van der Waals surface area (Å²) in [6.07, 6.45) is 1.83. The molecule has 0 saturated heterocycles. The van der Waals surface area contributed by atoms with Crippen LogP contribution in [0.3, 0.4) is 0 Å². The van der Waals surface area contributed by atoms with Crippen molar-refractivity contribution in [1.82, 2.24) is 20.4 Å². The van der Waals surface area contributed by atoms with E-state index in [1.54, 1.807) is 23.9 Å². The van der Waals surface area contributed by atoms with E-state index in [9.17, 15) is 9.59 Å². The molecule has 8 heteroatoms. The molecule has 2 aromatic carbocycles. The Morgan fingerprint density at radius 3 is 2.39 bits per heavy atom. The Morgan fingerprint density at radius 2 is 1.74 bits per heavy atom.